The highest BCUT2D eigenvalue weighted by Crippen LogP contribution is 2.36. The first-order valence-corrected chi connectivity index (χ1v) is 13.4. The van der Waals surface area contributed by atoms with Crippen molar-refractivity contribution in [2.45, 2.75) is 50.7 Å². The highest BCUT2D eigenvalue weighted by atomic mass is 19.4. The highest BCUT2D eigenvalue weighted by molar-refractivity contribution is 5.83. The van der Waals surface area contributed by atoms with Crippen LogP contribution in [0.15, 0.2) is 54.7 Å². The Morgan fingerprint density at radius 3 is 2.48 bits per heavy atom. The van der Waals surface area contributed by atoms with Gasteiger partial charge in [-0.25, -0.2) is 13.2 Å². The van der Waals surface area contributed by atoms with Crippen LogP contribution >= 0.6 is 0 Å². The molecule has 1 unspecified atom stereocenters. The number of nitrogens with one attached hydrogen (secondary N) is 1. The molecule has 0 radical (unpaired) electrons. The summed E-state index contributed by atoms with van der Waals surface area (Å²) in [4.78, 5) is 29.8. The minimum Gasteiger partial charge on any atom is -0.374 e. The molecular weight excluding hydrogens is 592 g/mol. The van der Waals surface area contributed by atoms with Crippen LogP contribution in [-0.2, 0) is 41.6 Å². The van der Waals surface area contributed by atoms with Crippen molar-refractivity contribution in [3.63, 3.8) is 0 Å². The maximum Gasteiger partial charge on any atom is 0.435 e. The summed E-state index contributed by atoms with van der Waals surface area (Å²) in [5.74, 6) is -3.64. The predicted molar refractivity (Wildman–Crippen MR) is 144 cm³/mol. The number of alkyl halides is 3. The topological polar surface area (TPSA) is 123 Å². The number of pyridine rings is 1. The van der Waals surface area contributed by atoms with E-state index in [0.717, 1.165) is 22.9 Å². The average molecular weight is 618 g/mol. The summed E-state index contributed by atoms with van der Waals surface area (Å²) in [5, 5.41) is 16.1. The van der Waals surface area contributed by atoms with Crippen LogP contribution < -0.4 is 11.1 Å². The fraction of sp³-hybridized carbons (Fsp3) is 0.267. The van der Waals surface area contributed by atoms with E-state index in [-0.39, 0.29) is 59.5 Å². The maximum absolute atomic E-state index is 14.3. The van der Waals surface area contributed by atoms with E-state index in [9.17, 15) is 41.0 Å². The monoisotopic (exact) mass is 617 g/mol. The van der Waals surface area contributed by atoms with Crippen LogP contribution in [0, 0.1) is 17.5 Å². The van der Waals surface area contributed by atoms with Crippen LogP contribution in [0.3, 0.4) is 0 Å². The summed E-state index contributed by atoms with van der Waals surface area (Å²) in [6.45, 7) is -0.693. The number of carbonyl (C=O) groups excluding carboxylic acids is 2. The van der Waals surface area contributed by atoms with E-state index in [2.05, 4.69) is 15.4 Å². The number of benzene rings is 2. The number of aliphatic hydroxyl groups is 1. The van der Waals surface area contributed by atoms with Gasteiger partial charge in [0.05, 0.1) is 17.4 Å². The Bertz CT molecular complexity index is 1720. The summed E-state index contributed by atoms with van der Waals surface area (Å²) < 4.78 is 84.4. The number of ketones is 1. The number of halogens is 6. The Labute approximate surface area is 246 Å². The molecular formula is C30H25F6N5O3. The van der Waals surface area contributed by atoms with Crippen molar-refractivity contribution in [3.05, 3.63) is 106 Å². The molecule has 0 fully saturated rings. The zero-order valence-corrected chi connectivity index (χ0v) is 22.8. The van der Waals surface area contributed by atoms with Gasteiger partial charge in [-0.2, -0.15) is 18.3 Å². The first kappa shape index (κ1) is 30.9. The molecule has 230 valence electrons. The van der Waals surface area contributed by atoms with Crippen LogP contribution in [-0.4, -0.2) is 31.6 Å². The molecule has 0 saturated carbocycles. The molecule has 1 aliphatic rings. The number of rotatable bonds is 8. The Balaban J connectivity index is 1.53. The minimum absolute atomic E-state index is 0.00909. The molecule has 2 heterocycles. The largest absolute Gasteiger partial charge is 0.435 e. The molecule has 0 aliphatic heterocycles. The van der Waals surface area contributed by atoms with Crippen molar-refractivity contribution in [2.24, 2.45) is 5.73 Å². The van der Waals surface area contributed by atoms with Crippen molar-refractivity contribution < 1.29 is 41.0 Å². The third-order valence-corrected chi connectivity index (χ3v) is 7.24. The molecule has 2 aromatic heterocycles. The van der Waals surface area contributed by atoms with E-state index in [1.54, 1.807) is 12.1 Å². The normalized spacial score (nSPS) is 14.7. The van der Waals surface area contributed by atoms with Gasteiger partial charge in [-0.05, 0) is 54.3 Å². The van der Waals surface area contributed by atoms with Crippen LogP contribution in [0.25, 0.3) is 11.1 Å². The number of amides is 1. The molecule has 0 saturated heterocycles. The zero-order valence-electron chi connectivity index (χ0n) is 22.8. The summed E-state index contributed by atoms with van der Waals surface area (Å²) in [5.41, 5.74) is 4.94. The number of fused-ring (bicyclic) bond motifs is 1. The van der Waals surface area contributed by atoms with Crippen LogP contribution in [0.1, 0.15) is 52.5 Å². The molecule has 5 rings (SSSR count). The first-order chi connectivity index (χ1) is 20.8. The van der Waals surface area contributed by atoms with Crippen molar-refractivity contribution in [1.29, 1.82) is 0 Å². The first-order valence-electron chi connectivity index (χ1n) is 13.4. The third kappa shape index (κ3) is 6.65. The van der Waals surface area contributed by atoms with E-state index >= 15 is 0 Å². The number of nitrogens with zero attached hydrogens (tertiary/aromatic N) is 3. The second-order valence-corrected chi connectivity index (χ2v) is 10.4. The SMILES string of the molecule is NC(O)c1cc(-c2cccnc2[C@H](Cc2cc(F)cc(F)c2)NC(=O)Cn2nc(C(F)(F)F)c3c2CC(=O)CC3)ccc1F. The second kappa shape index (κ2) is 12.2. The summed E-state index contributed by atoms with van der Waals surface area (Å²) in [7, 11) is 0. The Kier molecular flexibility index (Phi) is 8.57. The molecule has 0 bridgehead atoms. The number of aliphatic hydroxyl groups excluding tert-OH is 1. The summed E-state index contributed by atoms with van der Waals surface area (Å²) in [6, 6.07) is 8.54. The van der Waals surface area contributed by atoms with Gasteiger partial charge in [0, 0.05) is 41.8 Å². The standard InChI is InChI=1S/C30H25F6N5O3/c31-17-8-15(9-18(32)12-17)10-24(27-20(2-1-7-38-27)16-3-6-23(33)22(11-16)29(37)44)39-26(43)14-41-25-13-19(42)4-5-21(25)28(40-41)30(34,35)36/h1-3,6-9,11-12,24,29,44H,4-5,10,13-14,37H2,(H,39,43)/t24-,29?/m0/s1. The lowest BCUT2D eigenvalue weighted by molar-refractivity contribution is -0.142. The smallest absolute Gasteiger partial charge is 0.374 e. The van der Waals surface area contributed by atoms with Gasteiger partial charge in [0.2, 0.25) is 5.91 Å². The van der Waals surface area contributed by atoms with Crippen LogP contribution in [0.5, 0.6) is 0 Å². The number of nitrogens with two attached hydrogens (primary N) is 1. The average Bonchev–Trinajstić information content (AvgIpc) is 3.30. The lowest BCUT2D eigenvalue weighted by Crippen LogP contribution is -2.34. The van der Waals surface area contributed by atoms with Crippen LogP contribution in [0.2, 0.25) is 0 Å². The van der Waals surface area contributed by atoms with Crippen molar-refractivity contribution >= 4 is 11.7 Å². The number of hydrogen-bond acceptors (Lipinski definition) is 6. The third-order valence-electron chi connectivity index (χ3n) is 7.24. The molecule has 8 nitrogen and oxygen atoms in total. The zero-order chi connectivity index (χ0) is 31.8. The molecule has 4 aromatic rings. The van der Waals surface area contributed by atoms with Crippen LogP contribution in [0.4, 0.5) is 26.3 Å². The fourth-order valence-electron chi connectivity index (χ4n) is 5.33. The number of hydrogen-bond donors (Lipinski definition) is 3. The predicted octanol–water partition coefficient (Wildman–Crippen LogP) is 4.49. The van der Waals surface area contributed by atoms with E-state index in [4.69, 9.17) is 5.73 Å². The van der Waals surface area contributed by atoms with E-state index < -0.39 is 54.0 Å². The molecule has 2 atom stereocenters. The Morgan fingerprint density at radius 1 is 1.07 bits per heavy atom. The van der Waals surface area contributed by atoms with Gasteiger partial charge in [-0.15, -0.1) is 0 Å². The summed E-state index contributed by atoms with van der Waals surface area (Å²) >= 11 is 0. The highest BCUT2D eigenvalue weighted by Gasteiger charge is 2.40. The lowest BCUT2D eigenvalue weighted by atomic mass is 9.94. The molecule has 4 N–H and O–H groups in total. The number of aromatic nitrogens is 3. The Morgan fingerprint density at radius 2 is 1.80 bits per heavy atom. The molecule has 44 heavy (non-hydrogen) atoms. The second-order valence-electron chi connectivity index (χ2n) is 10.4. The Hall–Kier alpha value is -4.56. The molecule has 1 amide bonds. The minimum atomic E-state index is -4.80. The number of carbonyl (C=O) groups is 2. The van der Waals surface area contributed by atoms with Crippen molar-refractivity contribution in [3.8, 4) is 11.1 Å². The van der Waals surface area contributed by atoms with E-state index in [1.165, 1.54) is 18.3 Å². The maximum atomic E-state index is 14.3. The lowest BCUT2D eigenvalue weighted by Gasteiger charge is -2.22. The van der Waals surface area contributed by atoms with Crippen molar-refractivity contribution in [1.82, 2.24) is 20.1 Å². The van der Waals surface area contributed by atoms with Gasteiger partial charge in [0.1, 0.15) is 36.0 Å². The quantitative estimate of drug-likeness (QED) is 0.198. The summed E-state index contributed by atoms with van der Waals surface area (Å²) in [6.07, 6.45) is -5.82. The van der Waals surface area contributed by atoms with Gasteiger partial charge in [0.15, 0.2) is 5.69 Å². The van der Waals surface area contributed by atoms with Crippen molar-refractivity contribution in [2.75, 3.05) is 0 Å². The molecule has 2 aromatic carbocycles. The van der Waals surface area contributed by atoms with Gasteiger partial charge >= 0.3 is 6.18 Å². The molecule has 0 spiro atoms. The van der Waals surface area contributed by atoms with E-state index in [0.29, 0.717) is 17.2 Å². The van der Waals surface area contributed by atoms with E-state index in [1.807, 2.05) is 0 Å². The fourth-order valence-corrected chi connectivity index (χ4v) is 5.33. The molecule has 1 aliphatic carbocycles. The van der Waals surface area contributed by atoms with Gasteiger partial charge in [-0.1, -0.05) is 12.1 Å². The van der Waals surface area contributed by atoms with Gasteiger partial charge < -0.3 is 16.2 Å². The van der Waals surface area contributed by atoms with Gasteiger partial charge in [0.25, 0.3) is 0 Å². The van der Waals surface area contributed by atoms with Gasteiger partial charge in [-0.3, -0.25) is 19.3 Å². The molecule has 14 heteroatoms. The number of Topliss-reactive ketones (excluding diaryl/α,β-unsaturated/α-hetero) is 1.